The molecule has 2 aromatic carbocycles. The normalized spacial score (nSPS) is 19.2. The maximum absolute atomic E-state index is 14.1. The first-order valence-corrected chi connectivity index (χ1v) is 10.2. The monoisotopic (exact) mass is 470 g/mol. The Hall–Kier alpha value is -3.01. The van der Waals surface area contributed by atoms with Crippen LogP contribution in [0.1, 0.15) is 46.4 Å². The van der Waals surface area contributed by atoms with Crippen molar-refractivity contribution in [2.45, 2.75) is 44.1 Å². The number of likely N-dealkylation sites (tertiary alicyclic amines) is 1. The van der Waals surface area contributed by atoms with E-state index in [-0.39, 0.29) is 6.54 Å². The molecule has 3 rings (SSSR count). The number of benzene rings is 2. The molecule has 33 heavy (non-hydrogen) atoms. The number of hydrogen-bond donors (Lipinski definition) is 1. The molecule has 178 valence electrons. The first-order chi connectivity index (χ1) is 15.4. The van der Waals surface area contributed by atoms with Gasteiger partial charge in [-0.25, -0.2) is 13.6 Å². The molecule has 1 N–H and O–H groups in total. The molecule has 1 amide bonds. The van der Waals surface area contributed by atoms with Crippen molar-refractivity contribution in [3.8, 4) is 0 Å². The summed E-state index contributed by atoms with van der Waals surface area (Å²) in [4.78, 5) is 25.6. The molecule has 0 unspecified atom stereocenters. The average Bonchev–Trinajstić information content (AvgIpc) is 3.07. The largest absolute Gasteiger partial charge is 0.465 e. The molecular weight excluding hydrogens is 447 g/mol. The van der Waals surface area contributed by atoms with E-state index >= 15 is 0 Å². The molecule has 10 heteroatoms. The van der Waals surface area contributed by atoms with Crippen LogP contribution in [0.15, 0.2) is 48.5 Å². The molecule has 1 aliphatic heterocycles. The van der Waals surface area contributed by atoms with Gasteiger partial charge in [0.25, 0.3) is 5.92 Å². The van der Waals surface area contributed by atoms with Gasteiger partial charge >= 0.3 is 12.1 Å². The molecule has 0 aromatic heterocycles. The number of carbonyl (C=O) groups excluding carboxylic acids is 2. The summed E-state index contributed by atoms with van der Waals surface area (Å²) in [6.45, 7) is 0.917. The summed E-state index contributed by atoms with van der Waals surface area (Å²) < 4.78 is 71.1. The topological polar surface area (TPSA) is 58.6 Å². The molecule has 1 aliphatic rings. The minimum Gasteiger partial charge on any atom is -0.465 e. The number of alkyl halides is 5. The lowest BCUT2D eigenvalue weighted by Crippen LogP contribution is -2.43. The minimum atomic E-state index is -4.49. The Balaban J connectivity index is 1.69. The van der Waals surface area contributed by atoms with Crippen LogP contribution >= 0.6 is 0 Å². The number of methoxy groups -OCH3 is 1. The highest BCUT2D eigenvalue weighted by Crippen LogP contribution is 2.34. The van der Waals surface area contributed by atoms with Crippen LogP contribution in [-0.2, 0) is 22.3 Å². The van der Waals surface area contributed by atoms with Crippen LogP contribution in [0.25, 0.3) is 0 Å². The Bertz CT molecular complexity index is 991. The second-order valence-corrected chi connectivity index (χ2v) is 8.02. The van der Waals surface area contributed by atoms with E-state index in [2.05, 4.69) is 10.1 Å². The Morgan fingerprint density at radius 1 is 1.12 bits per heavy atom. The lowest BCUT2D eigenvalue weighted by molar-refractivity contribution is -0.137. The first kappa shape index (κ1) is 24.6. The molecule has 2 atom stereocenters. The highest BCUT2D eigenvalue weighted by Gasteiger charge is 2.48. The van der Waals surface area contributed by atoms with Crippen LogP contribution in [0.5, 0.6) is 0 Å². The number of rotatable bonds is 6. The highest BCUT2D eigenvalue weighted by atomic mass is 19.4. The number of halogens is 5. The van der Waals surface area contributed by atoms with Crippen LogP contribution < -0.4 is 5.32 Å². The van der Waals surface area contributed by atoms with E-state index in [9.17, 15) is 31.5 Å². The van der Waals surface area contributed by atoms with Crippen molar-refractivity contribution in [1.82, 2.24) is 10.2 Å². The molecule has 5 nitrogen and oxygen atoms in total. The van der Waals surface area contributed by atoms with Crippen LogP contribution in [0.2, 0.25) is 0 Å². The lowest BCUT2D eigenvalue weighted by atomic mass is 10.0. The zero-order chi connectivity index (χ0) is 24.4. The van der Waals surface area contributed by atoms with E-state index in [1.807, 2.05) is 0 Å². The maximum Gasteiger partial charge on any atom is 0.416 e. The summed E-state index contributed by atoms with van der Waals surface area (Å²) in [5.41, 5.74) is 0.553. The fraction of sp³-hybridized carbons (Fsp3) is 0.391. The Morgan fingerprint density at radius 2 is 1.73 bits per heavy atom. The molecule has 1 heterocycles. The summed E-state index contributed by atoms with van der Waals surface area (Å²) >= 11 is 0. The summed E-state index contributed by atoms with van der Waals surface area (Å²) in [6.07, 6.45) is -5.18. The van der Waals surface area contributed by atoms with Crippen LogP contribution in [0.4, 0.5) is 22.0 Å². The van der Waals surface area contributed by atoms with Gasteiger partial charge in [0.2, 0.25) is 5.91 Å². The van der Waals surface area contributed by atoms with E-state index in [1.165, 1.54) is 36.3 Å². The van der Waals surface area contributed by atoms with Crippen molar-refractivity contribution >= 4 is 11.9 Å². The van der Waals surface area contributed by atoms with Crippen molar-refractivity contribution in [2.24, 2.45) is 0 Å². The van der Waals surface area contributed by atoms with E-state index in [0.29, 0.717) is 16.7 Å². The molecule has 0 spiro atoms. The van der Waals surface area contributed by atoms with Gasteiger partial charge in [-0.2, -0.15) is 13.2 Å². The summed E-state index contributed by atoms with van der Waals surface area (Å²) in [5.74, 6) is -4.21. The van der Waals surface area contributed by atoms with Gasteiger partial charge in [0.1, 0.15) is 0 Å². The second kappa shape index (κ2) is 9.46. The molecular formula is C23H23F5N2O3. The minimum absolute atomic E-state index is 0.0893. The Kier molecular flexibility index (Phi) is 7.06. The average molecular weight is 470 g/mol. The molecule has 0 radical (unpaired) electrons. The molecule has 1 saturated heterocycles. The lowest BCUT2D eigenvalue weighted by Gasteiger charge is -2.25. The molecule has 1 fully saturated rings. The fourth-order valence-electron chi connectivity index (χ4n) is 3.76. The van der Waals surface area contributed by atoms with Crippen molar-refractivity contribution in [2.75, 3.05) is 13.7 Å². The van der Waals surface area contributed by atoms with Gasteiger partial charge in [0.15, 0.2) is 0 Å². The van der Waals surface area contributed by atoms with Crippen LogP contribution in [-0.4, -0.2) is 42.4 Å². The molecule has 0 saturated carbocycles. The summed E-state index contributed by atoms with van der Waals surface area (Å²) in [6, 6.07) is 8.87. The predicted octanol–water partition coefficient (Wildman–Crippen LogP) is 4.58. The van der Waals surface area contributed by atoms with Gasteiger partial charge in [-0.15, -0.1) is 0 Å². The summed E-state index contributed by atoms with van der Waals surface area (Å²) in [7, 11) is 1.26. The zero-order valence-corrected chi connectivity index (χ0v) is 18.0. The van der Waals surface area contributed by atoms with E-state index in [4.69, 9.17) is 0 Å². The predicted molar refractivity (Wildman–Crippen MR) is 110 cm³/mol. The van der Waals surface area contributed by atoms with Gasteiger partial charge in [-0.05, 0) is 42.3 Å². The van der Waals surface area contributed by atoms with Crippen molar-refractivity contribution in [1.29, 1.82) is 0 Å². The fourth-order valence-corrected chi connectivity index (χ4v) is 3.76. The smallest absolute Gasteiger partial charge is 0.416 e. The van der Waals surface area contributed by atoms with Crippen LogP contribution in [0, 0.1) is 0 Å². The van der Waals surface area contributed by atoms with Crippen molar-refractivity contribution < 1.29 is 36.3 Å². The number of carbonyl (C=O) groups is 2. The third-order valence-corrected chi connectivity index (χ3v) is 5.53. The van der Waals surface area contributed by atoms with Crippen LogP contribution in [0.3, 0.4) is 0 Å². The molecule has 0 bridgehead atoms. The Morgan fingerprint density at radius 3 is 2.27 bits per heavy atom. The standard InChI is InChI=1S/C23H23F5N2O3/c1-14(16-5-7-17(8-6-16)21(32)33-2)29-20(31)19-11-22(24,25)13-30(19)12-15-3-9-18(10-4-15)23(26,27)28/h3-10,14,19H,11-13H2,1-2H3,(H,29,31)/t14-,19+/m0/s1. The Labute approximate surface area is 187 Å². The summed E-state index contributed by atoms with van der Waals surface area (Å²) in [5, 5.41) is 2.70. The number of hydrogen-bond acceptors (Lipinski definition) is 4. The highest BCUT2D eigenvalue weighted by molar-refractivity contribution is 5.89. The number of ether oxygens (including phenoxy) is 1. The van der Waals surface area contributed by atoms with Gasteiger partial charge in [-0.1, -0.05) is 24.3 Å². The second-order valence-electron chi connectivity index (χ2n) is 8.02. The third kappa shape index (κ3) is 6.07. The molecule has 0 aliphatic carbocycles. The van der Waals surface area contributed by atoms with E-state index < -0.39 is 54.6 Å². The number of nitrogens with one attached hydrogen (secondary N) is 1. The van der Waals surface area contributed by atoms with E-state index in [1.54, 1.807) is 19.1 Å². The maximum atomic E-state index is 14.1. The number of amides is 1. The van der Waals surface area contributed by atoms with Gasteiger partial charge in [0.05, 0.1) is 36.9 Å². The molecule has 2 aromatic rings. The third-order valence-electron chi connectivity index (χ3n) is 5.53. The first-order valence-electron chi connectivity index (χ1n) is 10.2. The van der Waals surface area contributed by atoms with Gasteiger partial charge in [0, 0.05) is 13.0 Å². The zero-order valence-electron chi connectivity index (χ0n) is 18.0. The quantitative estimate of drug-likeness (QED) is 0.496. The number of esters is 1. The SMILES string of the molecule is COC(=O)c1ccc([C@H](C)NC(=O)[C@H]2CC(F)(F)CN2Cc2ccc(C(F)(F)F)cc2)cc1. The van der Waals surface area contributed by atoms with Gasteiger partial charge < -0.3 is 10.1 Å². The number of nitrogens with zero attached hydrogens (tertiary/aromatic N) is 1. The van der Waals surface area contributed by atoms with Gasteiger partial charge in [-0.3, -0.25) is 9.69 Å². The van der Waals surface area contributed by atoms with Crippen molar-refractivity contribution in [3.63, 3.8) is 0 Å². The van der Waals surface area contributed by atoms with Crippen molar-refractivity contribution in [3.05, 3.63) is 70.8 Å². The van der Waals surface area contributed by atoms with E-state index in [0.717, 1.165) is 12.1 Å².